The minimum atomic E-state index is -4.17. The van der Waals surface area contributed by atoms with Crippen LogP contribution in [-0.2, 0) is 4.74 Å². The maximum atomic E-state index is 12.9. The molecular formula is C19H36F3IN4O. The number of ether oxygens (including phenoxy) is 1. The molecule has 1 aliphatic carbocycles. The van der Waals surface area contributed by atoms with Gasteiger partial charge in [0.15, 0.2) is 5.96 Å². The monoisotopic (exact) mass is 520 g/mol. The first-order valence-electron chi connectivity index (χ1n) is 10.1. The average molecular weight is 520 g/mol. The van der Waals surface area contributed by atoms with Crippen LogP contribution in [-0.4, -0.2) is 81.0 Å². The molecule has 0 amide bonds. The molecule has 1 N–H and O–H groups in total. The highest BCUT2D eigenvalue weighted by Gasteiger charge is 2.41. The standard InChI is InChI=1S/C19H35F3N4O.HI/c1-4-23-17(24-15-18(9-14-27-3)7-5-6-8-18)26-12-10-25(11-13-26)16(2)19(20,21)22;/h16H,4-15H2,1-3H3,(H,23,24);1H. The van der Waals surface area contributed by atoms with E-state index >= 15 is 0 Å². The number of halogens is 4. The number of piperazine rings is 1. The summed E-state index contributed by atoms with van der Waals surface area (Å²) >= 11 is 0. The fraction of sp³-hybridized carbons (Fsp3) is 0.947. The van der Waals surface area contributed by atoms with Crippen LogP contribution in [0.25, 0.3) is 0 Å². The quantitative estimate of drug-likeness (QED) is 0.316. The highest BCUT2D eigenvalue weighted by Crippen LogP contribution is 2.41. The van der Waals surface area contributed by atoms with Gasteiger partial charge in [0.1, 0.15) is 6.04 Å². The van der Waals surface area contributed by atoms with Gasteiger partial charge in [-0.05, 0) is 38.5 Å². The van der Waals surface area contributed by atoms with Crippen molar-refractivity contribution in [1.29, 1.82) is 0 Å². The molecule has 2 aliphatic rings. The molecule has 5 nitrogen and oxygen atoms in total. The van der Waals surface area contributed by atoms with Crippen LogP contribution in [0.15, 0.2) is 4.99 Å². The summed E-state index contributed by atoms with van der Waals surface area (Å²) < 4.78 is 44.1. The Morgan fingerprint density at radius 2 is 1.79 bits per heavy atom. The molecule has 0 aromatic carbocycles. The first-order valence-corrected chi connectivity index (χ1v) is 10.1. The fourth-order valence-corrected chi connectivity index (χ4v) is 4.13. The smallest absolute Gasteiger partial charge is 0.385 e. The number of alkyl halides is 3. The Bertz CT molecular complexity index is 476. The van der Waals surface area contributed by atoms with E-state index in [1.54, 1.807) is 7.11 Å². The Balaban J connectivity index is 0.00000392. The second-order valence-electron chi connectivity index (χ2n) is 7.86. The molecule has 1 heterocycles. The lowest BCUT2D eigenvalue weighted by Crippen LogP contribution is -2.56. The maximum Gasteiger partial charge on any atom is 0.403 e. The SMILES string of the molecule is CCNC(=NCC1(CCOC)CCCC1)N1CCN(C(C)C(F)(F)F)CC1.I. The minimum Gasteiger partial charge on any atom is -0.385 e. The summed E-state index contributed by atoms with van der Waals surface area (Å²) in [6.45, 7) is 7.47. The van der Waals surface area contributed by atoms with Crippen molar-refractivity contribution in [2.75, 3.05) is 53.0 Å². The summed E-state index contributed by atoms with van der Waals surface area (Å²) in [6, 6.07) is -1.39. The summed E-state index contributed by atoms with van der Waals surface area (Å²) in [6.07, 6.45) is 1.68. The number of methoxy groups -OCH3 is 1. The van der Waals surface area contributed by atoms with Crippen molar-refractivity contribution in [1.82, 2.24) is 15.1 Å². The van der Waals surface area contributed by atoms with Crippen molar-refractivity contribution in [2.24, 2.45) is 10.4 Å². The highest BCUT2D eigenvalue weighted by atomic mass is 127. The van der Waals surface area contributed by atoms with Gasteiger partial charge in [-0.15, -0.1) is 24.0 Å². The first-order chi connectivity index (χ1) is 12.8. The van der Waals surface area contributed by atoms with Crippen molar-refractivity contribution in [3.63, 3.8) is 0 Å². The van der Waals surface area contributed by atoms with E-state index in [-0.39, 0.29) is 29.4 Å². The Morgan fingerprint density at radius 3 is 2.29 bits per heavy atom. The van der Waals surface area contributed by atoms with E-state index < -0.39 is 12.2 Å². The van der Waals surface area contributed by atoms with E-state index in [1.807, 2.05) is 6.92 Å². The molecule has 1 unspecified atom stereocenters. The Labute approximate surface area is 184 Å². The van der Waals surface area contributed by atoms with Crippen LogP contribution in [0.4, 0.5) is 13.2 Å². The van der Waals surface area contributed by atoms with Gasteiger partial charge in [-0.2, -0.15) is 13.2 Å². The predicted octanol–water partition coefficient (Wildman–Crippen LogP) is 3.74. The van der Waals surface area contributed by atoms with Crippen LogP contribution in [0.1, 0.15) is 46.0 Å². The van der Waals surface area contributed by atoms with E-state index in [0.29, 0.717) is 26.2 Å². The van der Waals surface area contributed by atoms with Crippen LogP contribution in [0, 0.1) is 5.41 Å². The van der Waals surface area contributed by atoms with Gasteiger partial charge in [0.2, 0.25) is 0 Å². The zero-order chi connectivity index (χ0) is 19.9. The molecule has 1 atom stereocenters. The third-order valence-electron chi connectivity index (χ3n) is 6.04. The number of hydrogen-bond acceptors (Lipinski definition) is 3. The lowest BCUT2D eigenvalue weighted by molar-refractivity contribution is -0.181. The molecule has 2 fully saturated rings. The second-order valence-corrected chi connectivity index (χ2v) is 7.86. The van der Waals surface area contributed by atoms with Crippen molar-refractivity contribution in [2.45, 2.75) is 58.2 Å². The summed E-state index contributed by atoms with van der Waals surface area (Å²) in [5.74, 6) is 0.834. The molecule has 0 bridgehead atoms. The normalized spacial score (nSPS) is 22.1. The summed E-state index contributed by atoms with van der Waals surface area (Å²) in [5.41, 5.74) is 0.212. The zero-order valence-electron chi connectivity index (χ0n) is 17.4. The van der Waals surface area contributed by atoms with Crippen LogP contribution in [0.3, 0.4) is 0 Å². The van der Waals surface area contributed by atoms with E-state index in [1.165, 1.54) is 37.5 Å². The second kappa shape index (κ2) is 11.8. The van der Waals surface area contributed by atoms with Gasteiger partial charge in [0.05, 0.1) is 0 Å². The molecular weight excluding hydrogens is 484 g/mol. The number of nitrogens with zero attached hydrogens (tertiary/aromatic N) is 3. The third kappa shape index (κ3) is 7.19. The lowest BCUT2D eigenvalue weighted by Gasteiger charge is -2.40. The maximum absolute atomic E-state index is 12.9. The first kappa shape index (κ1) is 25.7. The Kier molecular flexibility index (Phi) is 10.8. The number of hydrogen-bond donors (Lipinski definition) is 1. The summed E-state index contributed by atoms with van der Waals surface area (Å²) in [4.78, 5) is 8.51. The summed E-state index contributed by atoms with van der Waals surface area (Å²) in [7, 11) is 1.73. The molecule has 2 rings (SSSR count). The van der Waals surface area contributed by atoms with E-state index in [4.69, 9.17) is 9.73 Å². The van der Waals surface area contributed by atoms with Gasteiger partial charge in [-0.1, -0.05) is 12.8 Å². The Morgan fingerprint density at radius 1 is 1.18 bits per heavy atom. The molecule has 0 aromatic rings. The number of guanidine groups is 1. The molecule has 1 saturated heterocycles. The van der Waals surface area contributed by atoms with Crippen molar-refractivity contribution >= 4 is 29.9 Å². The van der Waals surface area contributed by atoms with Gasteiger partial charge in [0.25, 0.3) is 0 Å². The van der Waals surface area contributed by atoms with Crippen molar-refractivity contribution in [3.8, 4) is 0 Å². The van der Waals surface area contributed by atoms with Crippen LogP contribution in [0.5, 0.6) is 0 Å². The molecule has 166 valence electrons. The minimum absolute atomic E-state index is 0. The third-order valence-corrected chi connectivity index (χ3v) is 6.04. The van der Waals surface area contributed by atoms with Crippen molar-refractivity contribution in [3.05, 3.63) is 0 Å². The largest absolute Gasteiger partial charge is 0.403 e. The molecule has 1 aliphatic heterocycles. The van der Waals surface area contributed by atoms with Gasteiger partial charge in [0, 0.05) is 53.0 Å². The molecule has 9 heteroatoms. The van der Waals surface area contributed by atoms with Crippen LogP contribution >= 0.6 is 24.0 Å². The number of aliphatic imine (C=N–C) groups is 1. The number of nitrogens with one attached hydrogen (secondary N) is 1. The van der Waals surface area contributed by atoms with Gasteiger partial charge < -0.3 is 15.0 Å². The Hall–Kier alpha value is -0.290. The average Bonchev–Trinajstić information content (AvgIpc) is 3.11. The molecule has 0 aromatic heterocycles. The topological polar surface area (TPSA) is 40.1 Å². The molecule has 1 saturated carbocycles. The molecule has 0 spiro atoms. The van der Waals surface area contributed by atoms with E-state index in [2.05, 4.69) is 10.2 Å². The summed E-state index contributed by atoms with van der Waals surface area (Å²) in [5, 5.41) is 3.33. The lowest BCUT2D eigenvalue weighted by atomic mass is 9.83. The predicted molar refractivity (Wildman–Crippen MR) is 117 cm³/mol. The molecule has 0 radical (unpaired) electrons. The van der Waals surface area contributed by atoms with E-state index in [0.717, 1.165) is 32.1 Å². The number of rotatable bonds is 7. The zero-order valence-corrected chi connectivity index (χ0v) is 19.7. The van der Waals surface area contributed by atoms with E-state index in [9.17, 15) is 13.2 Å². The van der Waals surface area contributed by atoms with Gasteiger partial charge >= 0.3 is 6.18 Å². The fourth-order valence-electron chi connectivity index (χ4n) is 4.13. The molecule has 28 heavy (non-hydrogen) atoms. The van der Waals surface area contributed by atoms with Crippen molar-refractivity contribution < 1.29 is 17.9 Å². The van der Waals surface area contributed by atoms with Gasteiger partial charge in [-0.25, -0.2) is 0 Å². The van der Waals surface area contributed by atoms with Crippen LogP contribution < -0.4 is 5.32 Å². The highest BCUT2D eigenvalue weighted by molar-refractivity contribution is 14.0. The van der Waals surface area contributed by atoms with Gasteiger partial charge in [-0.3, -0.25) is 9.89 Å². The van der Waals surface area contributed by atoms with Crippen LogP contribution in [0.2, 0.25) is 0 Å².